The third kappa shape index (κ3) is 8.31. The second-order valence-electron chi connectivity index (χ2n) is 21.9. The third-order valence-corrected chi connectivity index (χ3v) is 17.3. The molecule has 88 heavy (non-hydrogen) atoms. The largest absolute Gasteiger partial charge is 0.457 e. The van der Waals surface area contributed by atoms with Gasteiger partial charge >= 0.3 is 0 Å². The number of para-hydroxylation sites is 2. The Bertz CT molecular complexity index is 4720. The molecule has 0 aliphatic heterocycles. The minimum absolute atomic E-state index is 0.134. The molecule has 0 saturated carbocycles. The zero-order valence-corrected chi connectivity index (χ0v) is 46.7. The van der Waals surface area contributed by atoms with E-state index in [4.69, 9.17) is 13.9 Å². The van der Waals surface area contributed by atoms with Gasteiger partial charge in [0.1, 0.15) is 40.2 Å². The molecule has 13 aromatic rings. The number of anilines is 3. The molecule has 2 unspecified atom stereocenters. The van der Waals surface area contributed by atoms with Crippen LogP contribution in [-0.4, -0.2) is 0 Å². The van der Waals surface area contributed by atoms with Gasteiger partial charge in [0.15, 0.2) is 28.9 Å². The van der Waals surface area contributed by atoms with Gasteiger partial charge in [-0.1, -0.05) is 165 Å². The van der Waals surface area contributed by atoms with Crippen molar-refractivity contribution in [2.24, 2.45) is 0 Å². The second-order valence-corrected chi connectivity index (χ2v) is 21.9. The fourth-order valence-corrected chi connectivity index (χ4v) is 13.4. The predicted octanol–water partition coefficient (Wildman–Crippen LogP) is 21.5. The number of furan rings is 1. The quantitative estimate of drug-likeness (QED) is 0.0851. The van der Waals surface area contributed by atoms with Gasteiger partial charge in [0.2, 0.25) is 0 Å². The van der Waals surface area contributed by atoms with Crippen LogP contribution in [0.5, 0.6) is 23.0 Å². The lowest BCUT2D eigenvalue weighted by Gasteiger charge is -2.36. The van der Waals surface area contributed by atoms with Crippen LogP contribution < -0.4 is 14.4 Å². The topological polar surface area (TPSA) is 34.8 Å². The van der Waals surface area contributed by atoms with E-state index >= 15 is 26.3 Å². The Morgan fingerprint density at radius 2 is 0.739 bits per heavy atom. The van der Waals surface area contributed by atoms with Crippen LogP contribution in [0.2, 0.25) is 0 Å². The first-order chi connectivity index (χ1) is 43.0. The van der Waals surface area contributed by atoms with E-state index in [0.717, 1.165) is 45.2 Å². The maximum atomic E-state index is 17.4. The smallest absolute Gasteiger partial charge is 0.161 e. The monoisotopic (exact) mass is 1160 g/mol. The van der Waals surface area contributed by atoms with Crippen molar-refractivity contribution in [2.45, 2.75) is 10.8 Å². The fourth-order valence-electron chi connectivity index (χ4n) is 13.4. The zero-order valence-electron chi connectivity index (χ0n) is 46.7. The zero-order chi connectivity index (χ0) is 60.0. The van der Waals surface area contributed by atoms with Crippen molar-refractivity contribution in [3.05, 3.63) is 352 Å². The third-order valence-electron chi connectivity index (χ3n) is 17.3. The maximum absolute atomic E-state index is 17.4. The second kappa shape index (κ2) is 20.9. The highest BCUT2D eigenvalue weighted by Crippen LogP contribution is 2.61. The molecule has 12 aromatic carbocycles. The van der Waals surface area contributed by atoms with Crippen LogP contribution >= 0.6 is 0 Å². The Morgan fingerprint density at radius 3 is 1.20 bits per heavy atom. The van der Waals surface area contributed by atoms with Gasteiger partial charge in [-0.15, -0.1) is 0 Å². The molecule has 424 valence electrons. The molecule has 0 bridgehead atoms. The summed E-state index contributed by atoms with van der Waals surface area (Å²) in [5.74, 6) is -5.03. The lowest BCUT2D eigenvalue weighted by molar-refractivity contribution is 0.480. The van der Waals surface area contributed by atoms with Crippen LogP contribution in [0.15, 0.2) is 266 Å². The van der Waals surface area contributed by atoms with Gasteiger partial charge in [0.05, 0.1) is 16.5 Å². The van der Waals surface area contributed by atoms with Gasteiger partial charge < -0.3 is 18.8 Å². The summed E-state index contributed by atoms with van der Waals surface area (Å²) in [6.07, 6.45) is 3.47. The van der Waals surface area contributed by atoms with Crippen molar-refractivity contribution in [1.29, 1.82) is 0 Å². The number of hydrogen-bond acceptors (Lipinski definition) is 4. The van der Waals surface area contributed by atoms with Gasteiger partial charge in [-0.25, -0.2) is 26.3 Å². The van der Waals surface area contributed by atoms with Crippen molar-refractivity contribution < 1.29 is 40.2 Å². The van der Waals surface area contributed by atoms with Crippen LogP contribution in [0.3, 0.4) is 0 Å². The normalized spacial score (nSPS) is 15.3. The van der Waals surface area contributed by atoms with E-state index in [1.807, 2.05) is 205 Å². The summed E-state index contributed by atoms with van der Waals surface area (Å²) >= 11 is 0. The molecule has 0 fully saturated rings. The minimum Gasteiger partial charge on any atom is -0.457 e. The Balaban J connectivity index is 0.982. The van der Waals surface area contributed by atoms with Crippen molar-refractivity contribution in [1.82, 2.24) is 0 Å². The van der Waals surface area contributed by atoms with E-state index in [0.29, 0.717) is 108 Å². The molecule has 0 N–H and O–H groups in total. The van der Waals surface area contributed by atoms with Crippen LogP contribution in [0.25, 0.3) is 56.3 Å². The average molecular weight is 1160 g/mol. The maximum Gasteiger partial charge on any atom is 0.161 e. The number of ether oxygens (including phenoxy) is 2. The summed E-state index contributed by atoms with van der Waals surface area (Å²) in [4.78, 5) is 2.00. The first-order valence-corrected chi connectivity index (χ1v) is 28.5. The van der Waals surface area contributed by atoms with E-state index < -0.39 is 45.7 Å². The van der Waals surface area contributed by atoms with Crippen molar-refractivity contribution >= 4 is 51.2 Å². The summed E-state index contributed by atoms with van der Waals surface area (Å²) in [7, 11) is 0. The summed E-state index contributed by atoms with van der Waals surface area (Å²) in [6.45, 7) is 7.70. The Morgan fingerprint density at radius 1 is 0.341 bits per heavy atom. The molecular weight excluding hydrogens is 1110 g/mol. The number of rotatable bonds is 13. The highest BCUT2D eigenvalue weighted by atomic mass is 19.2. The van der Waals surface area contributed by atoms with Crippen LogP contribution in [-0.2, 0) is 10.8 Å². The van der Waals surface area contributed by atoms with Gasteiger partial charge in [-0.3, -0.25) is 0 Å². The summed E-state index contributed by atoms with van der Waals surface area (Å²) in [6, 6.07) is 72.4. The molecule has 0 saturated heterocycles. The van der Waals surface area contributed by atoms with E-state index in [1.165, 1.54) is 0 Å². The highest BCUT2D eigenvalue weighted by molar-refractivity contribution is 6.10. The predicted molar refractivity (Wildman–Crippen MR) is 336 cm³/mol. The SMILES string of the molecule is C=Cc1ccc(Oc2ccc(C3(c4cc(F)c(F)cc4F)c4ccccc4-c4ccc(N(c5ccc6c(c5)C(c5ccc(Oc7ccc(C=C)cc7)cc5)(c5cc(F)c(F)cc5F)c5ccccc5-6)c5cccc6c5oc5ccccc56)cc43)cc2)cc1. The summed E-state index contributed by atoms with van der Waals surface area (Å²) in [5, 5.41) is 1.66. The molecule has 2 atom stereocenters. The van der Waals surface area contributed by atoms with E-state index in [9.17, 15) is 0 Å². The van der Waals surface area contributed by atoms with Gasteiger partial charge in [0.25, 0.3) is 0 Å². The molecule has 4 nitrogen and oxygen atoms in total. The molecule has 1 aromatic heterocycles. The number of nitrogens with zero attached hydrogens (tertiary/aromatic N) is 1. The van der Waals surface area contributed by atoms with E-state index in [2.05, 4.69) is 13.2 Å². The molecule has 10 heteroatoms. The van der Waals surface area contributed by atoms with E-state index in [-0.39, 0.29) is 11.1 Å². The first kappa shape index (κ1) is 53.6. The average Bonchev–Trinajstić information content (AvgIpc) is 1.52. The Labute approximate surface area is 502 Å². The lowest BCUT2D eigenvalue weighted by Crippen LogP contribution is -2.31. The van der Waals surface area contributed by atoms with Crippen LogP contribution in [0.1, 0.15) is 55.6 Å². The fraction of sp³-hybridized carbons (Fsp3) is 0.0256. The number of benzene rings is 12. The summed E-state index contributed by atoms with van der Waals surface area (Å²) in [5.41, 5.74) is 7.27. The molecular formula is C78H47F6NO3. The molecule has 0 spiro atoms. The molecule has 1 heterocycles. The van der Waals surface area contributed by atoms with Crippen molar-refractivity contribution in [3.63, 3.8) is 0 Å². The van der Waals surface area contributed by atoms with Crippen molar-refractivity contribution in [2.75, 3.05) is 4.90 Å². The first-order valence-electron chi connectivity index (χ1n) is 28.5. The molecule has 2 aliphatic carbocycles. The molecule has 15 rings (SSSR count). The molecule has 0 amide bonds. The van der Waals surface area contributed by atoms with Gasteiger partial charge in [-0.2, -0.15) is 0 Å². The van der Waals surface area contributed by atoms with Gasteiger partial charge in [-0.05, 0) is 164 Å². The molecule has 0 radical (unpaired) electrons. The standard InChI is InChI=1S/C78H47F6NO3/c1-3-46-20-30-52(31-21-46)86-54-34-24-48(25-35-54)77(66-42-70(81)72(83)44-68(66)79)62-16-8-5-12-56(62)58-38-28-50(40-64(58)77)85(74-18-11-15-61-60-14-7-10-19-75(60)88-76(61)74)51-29-39-59-57-13-6-9-17-63(57)78(65(59)41-51,67-43-71(82)73(84)45-69(67)80)49-26-36-55(37-27-49)87-53-32-22-47(4-2)23-33-53/h3-45H,1-2H2. The van der Waals surface area contributed by atoms with E-state index in [1.54, 1.807) is 36.4 Å². The van der Waals surface area contributed by atoms with Gasteiger partial charge in [0, 0.05) is 45.4 Å². The highest BCUT2D eigenvalue weighted by Gasteiger charge is 2.50. The van der Waals surface area contributed by atoms with Crippen molar-refractivity contribution in [3.8, 4) is 45.3 Å². The Kier molecular flexibility index (Phi) is 12.7. The number of fused-ring (bicyclic) bond motifs is 9. The lowest BCUT2D eigenvalue weighted by atomic mass is 9.67. The van der Waals surface area contributed by atoms with Crippen LogP contribution in [0.4, 0.5) is 43.4 Å². The summed E-state index contributed by atoms with van der Waals surface area (Å²) < 4.78 is 117. The minimum atomic E-state index is -1.63. The molecule has 2 aliphatic rings. The number of halogens is 6. The van der Waals surface area contributed by atoms with Crippen LogP contribution in [0, 0.1) is 34.9 Å². The Hall–Kier alpha value is -11.1. The number of hydrogen-bond donors (Lipinski definition) is 0.